The van der Waals surface area contributed by atoms with Crippen molar-refractivity contribution in [3.8, 4) is 0 Å². The summed E-state index contributed by atoms with van der Waals surface area (Å²) in [6, 6.07) is 16.6. The zero-order valence-corrected chi connectivity index (χ0v) is 25.2. The van der Waals surface area contributed by atoms with Gasteiger partial charge in [0.15, 0.2) is 0 Å². The predicted molar refractivity (Wildman–Crippen MR) is 164 cm³/mol. The number of halogens is 2. The van der Waals surface area contributed by atoms with Crippen LogP contribution < -0.4 is 11.1 Å². The standard InChI is InChI=1S/C34H43F2N3O4/c1-4-12-39(13-5-2)33(41)26-15-23(3)16-27(20-26)34(42)43-32(30(37)19-24-17-28(35)21-29(36)18-24)22-38-31(11-14-40)25-9-7-6-8-10-25/h6-10,15-18,20-21,30-32,38,40H,4-5,11-14,19,22,37H2,1-3H3/t30-,31?,32+/m0/s1. The first-order valence-electron chi connectivity index (χ1n) is 14.9. The molecule has 9 heteroatoms. The number of hydrogen-bond donors (Lipinski definition) is 3. The van der Waals surface area contributed by atoms with E-state index in [0.717, 1.165) is 30.0 Å². The summed E-state index contributed by atoms with van der Waals surface area (Å²) in [5, 5.41) is 13.0. The molecule has 0 aliphatic heterocycles. The van der Waals surface area contributed by atoms with E-state index in [4.69, 9.17) is 10.5 Å². The molecule has 0 fully saturated rings. The van der Waals surface area contributed by atoms with E-state index < -0.39 is 29.7 Å². The Bertz CT molecular complexity index is 1310. The minimum atomic E-state index is -0.903. The van der Waals surface area contributed by atoms with Crippen molar-refractivity contribution < 1.29 is 28.2 Å². The minimum absolute atomic E-state index is 0.0465. The van der Waals surface area contributed by atoms with E-state index in [-0.39, 0.29) is 37.1 Å². The van der Waals surface area contributed by atoms with Crippen LogP contribution in [0.5, 0.6) is 0 Å². The molecule has 0 heterocycles. The average Bonchev–Trinajstić information content (AvgIpc) is 2.97. The van der Waals surface area contributed by atoms with E-state index in [1.54, 1.807) is 24.0 Å². The molecule has 0 radical (unpaired) electrons. The Morgan fingerprint density at radius 2 is 1.58 bits per heavy atom. The molecule has 3 atom stereocenters. The van der Waals surface area contributed by atoms with Gasteiger partial charge in [-0.25, -0.2) is 13.6 Å². The number of nitrogens with one attached hydrogen (secondary N) is 1. The van der Waals surface area contributed by atoms with Gasteiger partial charge in [0.05, 0.1) is 5.56 Å². The number of benzene rings is 3. The van der Waals surface area contributed by atoms with Crippen LogP contribution in [-0.2, 0) is 11.2 Å². The number of hydrogen-bond acceptors (Lipinski definition) is 6. The Hall–Kier alpha value is -3.66. The van der Waals surface area contributed by atoms with Gasteiger partial charge in [-0.2, -0.15) is 0 Å². The highest BCUT2D eigenvalue weighted by Crippen LogP contribution is 2.20. The number of aryl methyl sites for hydroxylation is 1. The highest BCUT2D eigenvalue weighted by Gasteiger charge is 2.26. The van der Waals surface area contributed by atoms with Crippen LogP contribution >= 0.6 is 0 Å². The number of carbonyl (C=O) groups excluding carboxylic acids is 2. The molecule has 3 rings (SSSR count). The van der Waals surface area contributed by atoms with Gasteiger partial charge in [-0.15, -0.1) is 0 Å². The summed E-state index contributed by atoms with van der Waals surface area (Å²) >= 11 is 0. The second-order valence-electron chi connectivity index (χ2n) is 10.9. The molecule has 1 amide bonds. The lowest BCUT2D eigenvalue weighted by Gasteiger charge is -2.28. The predicted octanol–water partition coefficient (Wildman–Crippen LogP) is 5.34. The van der Waals surface area contributed by atoms with Gasteiger partial charge in [-0.05, 0) is 79.6 Å². The number of nitrogens with zero attached hydrogens (tertiary/aromatic N) is 1. The lowest BCUT2D eigenvalue weighted by atomic mass is 9.99. The van der Waals surface area contributed by atoms with Crippen LogP contribution in [-0.4, -0.2) is 60.3 Å². The first-order chi connectivity index (χ1) is 20.6. The Labute approximate surface area is 253 Å². The number of carbonyl (C=O) groups is 2. The monoisotopic (exact) mass is 595 g/mol. The van der Waals surface area contributed by atoms with Gasteiger partial charge in [0, 0.05) is 50.0 Å². The SMILES string of the molecule is CCCN(CCC)C(=O)c1cc(C)cc(C(=O)O[C@H](CNC(CCO)c2ccccc2)[C@@H](N)Cc2cc(F)cc(F)c2)c1. The maximum Gasteiger partial charge on any atom is 0.338 e. The summed E-state index contributed by atoms with van der Waals surface area (Å²) < 4.78 is 33.7. The highest BCUT2D eigenvalue weighted by atomic mass is 19.1. The van der Waals surface area contributed by atoms with Crippen LogP contribution in [0, 0.1) is 18.6 Å². The maximum absolute atomic E-state index is 13.9. The number of rotatable bonds is 16. The molecule has 0 aliphatic carbocycles. The maximum atomic E-state index is 13.9. The summed E-state index contributed by atoms with van der Waals surface area (Å²) in [6.07, 6.45) is 1.18. The molecule has 0 spiro atoms. The molecule has 0 saturated heterocycles. The molecule has 0 aliphatic rings. The van der Waals surface area contributed by atoms with E-state index in [1.807, 2.05) is 44.2 Å². The van der Waals surface area contributed by atoms with Crippen molar-refractivity contribution in [2.45, 2.75) is 64.6 Å². The number of aliphatic hydroxyl groups is 1. The molecule has 4 N–H and O–H groups in total. The van der Waals surface area contributed by atoms with Crippen molar-refractivity contribution in [2.24, 2.45) is 5.73 Å². The fourth-order valence-corrected chi connectivity index (χ4v) is 5.14. The molecule has 43 heavy (non-hydrogen) atoms. The first kappa shape index (κ1) is 33.8. The van der Waals surface area contributed by atoms with Crippen LogP contribution in [0.4, 0.5) is 8.78 Å². The van der Waals surface area contributed by atoms with E-state index in [9.17, 15) is 23.5 Å². The largest absolute Gasteiger partial charge is 0.456 e. The summed E-state index contributed by atoms with van der Waals surface area (Å²) in [7, 11) is 0. The van der Waals surface area contributed by atoms with Crippen molar-refractivity contribution in [3.05, 3.63) is 106 Å². The van der Waals surface area contributed by atoms with Crippen molar-refractivity contribution in [2.75, 3.05) is 26.2 Å². The van der Waals surface area contributed by atoms with Gasteiger partial charge in [0.2, 0.25) is 0 Å². The average molecular weight is 596 g/mol. The molecule has 0 aromatic heterocycles. The van der Waals surface area contributed by atoms with Crippen LogP contribution in [0.3, 0.4) is 0 Å². The molecule has 0 bridgehead atoms. The number of amides is 1. The molecule has 232 valence electrons. The second kappa shape index (κ2) is 16.8. The molecule has 7 nitrogen and oxygen atoms in total. The number of aliphatic hydroxyl groups excluding tert-OH is 1. The van der Waals surface area contributed by atoms with Crippen molar-refractivity contribution in [1.29, 1.82) is 0 Å². The Balaban J connectivity index is 1.87. The van der Waals surface area contributed by atoms with Crippen molar-refractivity contribution in [1.82, 2.24) is 10.2 Å². The molecule has 1 unspecified atom stereocenters. The lowest BCUT2D eigenvalue weighted by molar-refractivity contribution is 0.0229. The zero-order chi connectivity index (χ0) is 31.4. The van der Waals surface area contributed by atoms with Crippen LogP contribution in [0.2, 0.25) is 0 Å². The topological polar surface area (TPSA) is 105 Å². The number of ether oxygens (including phenoxy) is 1. The van der Waals surface area contributed by atoms with E-state index in [0.29, 0.717) is 30.6 Å². The molecule has 0 saturated carbocycles. The van der Waals surface area contributed by atoms with Gasteiger partial charge in [-0.3, -0.25) is 4.79 Å². The lowest BCUT2D eigenvalue weighted by Crippen LogP contribution is -2.46. The second-order valence-corrected chi connectivity index (χ2v) is 10.9. The van der Waals surface area contributed by atoms with Crippen molar-refractivity contribution >= 4 is 11.9 Å². The Morgan fingerprint density at radius 1 is 0.953 bits per heavy atom. The smallest absolute Gasteiger partial charge is 0.338 e. The van der Waals surface area contributed by atoms with Gasteiger partial charge < -0.3 is 25.8 Å². The number of nitrogens with two attached hydrogens (primary N) is 1. The fraction of sp³-hybridized carbons (Fsp3) is 0.412. The molecular formula is C34H43F2N3O4. The highest BCUT2D eigenvalue weighted by molar-refractivity contribution is 5.98. The fourth-order valence-electron chi connectivity index (χ4n) is 5.14. The van der Waals surface area contributed by atoms with Gasteiger partial charge in [-0.1, -0.05) is 44.2 Å². The van der Waals surface area contributed by atoms with E-state index >= 15 is 0 Å². The van der Waals surface area contributed by atoms with Gasteiger partial charge in [0.1, 0.15) is 17.7 Å². The summed E-state index contributed by atoms with van der Waals surface area (Å²) in [5.41, 5.74) is 9.12. The summed E-state index contributed by atoms with van der Waals surface area (Å²) in [5.74, 6) is -2.27. The first-order valence-corrected chi connectivity index (χ1v) is 14.9. The van der Waals surface area contributed by atoms with Gasteiger partial charge >= 0.3 is 5.97 Å². The van der Waals surface area contributed by atoms with Gasteiger partial charge in [0.25, 0.3) is 5.91 Å². The number of esters is 1. The van der Waals surface area contributed by atoms with E-state index in [1.165, 1.54) is 18.2 Å². The summed E-state index contributed by atoms with van der Waals surface area (Å²) in [4.78, 5) is 28.6. The normalized spacial score (nSPS) is 13.3. The third-order valence-electron chi connectivity index (χ3n) is 7.15. The Kier molecular flexibility index (Phi) is 13.3. The zero-order valence-electron chi connectivity index (χ0n) is 25.2. The van der Waals surface area contributed by atoms with Crippen LogP contribution in [0.15, 0.2) is 66.7 Å². The van der Waals surface area contributed by atoms with E-state index in [2.05, 4.69) is 5.32 Å². The Morgan fingerprint density at radius 3 is 2.19 bits per heavy atom. The van der Waals surface area contributed by atoms with Crippen molar-refractivity contribution in [3.63, 3.8) is 0 Å². The third-order valence-corrected chi connectivity index (χ3v) is 7.15. The van der Waals surface area contributed by atoms with Crippen LogP contribution in [0.1, 0.15) is 76.6 Å². The summed E-state index contributed by atoms with van der Waals surface area (Å²) in [6.45, 7) is 7.09. The minimum Gasteiger partial charge on any atom is -0.456 e. The quantitative estimate of drug-likeness (QED) is 0.193. The third kappa shape index (κ3) is 10.2. The molecule has 3 aromatic carbocycles. The van der Waals surface area contributed by atoms with Crippen LogP contribution in [0.25, 0.3) is 0 Å². The molecular weight excluding hydrogens is 552 g/mol. The molecule has 3 aromatic rings.